The van der Waals surface area contributed by atoms with E-state index in [1.165, 1.54) is 0 Å². The minimum absolute atomic E-state index is 0.666. The molecule has 0 bridgehead atoms. The van der Waals surface area contributed by atoms with Gasteiger partial charge in [0.1, 0.15) is 22.3 Å². The van der Waals surface area contributed by atoms with Crippen LogP contribution < -0.4 is 0 Å². The second-order valence-corrected chi connectivity index (χ2v) is 15.7. The lowest BCUT2D eigenvalue weighted by atomic mass is 9.93. The van der Waals surface area contributed by atoms with Crippen molar-refractivity contribution in [1.82, 2.24) is 9.97 Å². The lowest BCUT2D eigenvalue weighted by Crippen LogP contribution is -1.97. The van der Waals surface area contributed by atoms with Crippen molar-refractivity contribution >= 4 is 43.9 Å². The van der Waals surface area contributed by atoms with Crippen LogP contribution in [-0.2, 0) is 0 Å². The standard InChI is InChI=1S/C58H36N2O2/c1-4-15-37(16-5-1)42-33-43(38-17-6-2-7-18-38)35-44(34-42)58-59-51(40-19-8-3-9-20-40)36-52(60-58)41-29-27-39(28-30-41)45-31-32-47(55-50-22-11-13-26-54(50)62-57(45)55)49-24-14-23-48-46-21-10-12-25-53(46)61-56(48)49/h1-36H. The Morgan fingerprint density at radius 3 is 1.42 bits per heavy atom. The molecule has 0 N–H and O–H groups in total. The van der Waals surface area contributed by atoms with E-state index in [0.717, 1.165) is 116 Å². The van der Waals surface area contributed by atoms with E-state index in [-0.39, 0.29) is 0 Å². The Balaban J connectivity index is 0.991. The summed E-state index contributed by atoms with van der Waals surface area (Å²) in [5.41, 5.74) is 16.8. The average Bonchev–Trinajstić information content (AvgIpc) is 3.94. The summed E-state index contributed by atoms with van der Waals surface area (Å²) in [7, 11) is 0. The maximum Gasteiger partial charge on any atom is 0.160 e. The maximum atomic E-state index is 6.75. The van der Waals surface area contributed by atoms with Crippen LogP contribution in [0.1, 0.15) is 0 Å². The minimum atomic E-state index is 0.666. The molecule has 12 rings (SSSR count). The predicted octanol–water partition coefficient (Wildman–Crippen LogP) is 15.9. The van der Waals surface area contributed by atoms with E-state index in [0.29, 0.717) is 5.82 Å². The third-order valence-electron chi connectivity index (χ3n) is 11.9. The molecule has 12 aromatic rings. The van der Waals surface area contributed by atoms with Crippen molar-refractivity contribution in [2.24, 2.45) is 0 Å². The zero-order chi connectivity index (χ0) is 41.0. The van der Waals surface area contributed by atoms with Gasteiger partial charge >= 0.3 is 0 Å². The van der Waals surface area contributed by atoms with Gasteiger partial charge in [-0.05, 0) is 75.8 Å². The number of fused-ring (bicyclic) bond motifs is 6. The molecular formula is C58H36N2O2. The van der Waals surface area contributed by atoms with E-state index in [2.05, 4.69) is 176 Å². The van der Waals surface area contributed by atoms with Crippen molar-refractivity contribution in [1.29, 1.82) is 0 Å². The summed E-state index contributed by atoms with van der Waals surface area (Å²) in [6, 6.07) is 76.1. The van der Waals surface area contributed by atoms with Gasteiger partial charge < -0.3 is 8.83 Å². The quantitative estimate of drug-likeness (QED) is 0.161. The van der Waals surface area contributed by atoms with E-state index in [9.17, 15) is 0 Å². The molecule has 0 amide bonds. The molecule has 3 aromatic heterocycles. The molecule has 0 spiro atoms. The molecule has 0 aliphatic rings. The third-order valence-corrected chi connectivity index (χ3v) is 11.9. The molecule has 0 radical (unpaired) electrons. The van der Waals surface area contributed by atoms with E-state index in [1.807, 2.05) is 42.5 Å². The molecule has 0 aliphatic heterocycles. The first-order valence-corrected chi connectivity index (χ1v) is 20.9. The monoisotopic (exact) mass is 792 g/mol. The average molecular weight is 793 g/mol. The van der Waals surface area contributed by atoms with Gasteiger partial charge in [-0.25, -0.2) is 9.97 Å². The van der Waals surface area contributed by atoms with Crippen LogP contribution in [0.15, 0.2) is 227 Å². The summed E-state index contributed by atoms with van der Waals surface area (Å²) >= 11 is 0. The second-order valence-electron chi connectivity index (χ2n) is 15.7. The first-order chi connectivity index (χ1) is 30.7. The first-order valence-electron chi connectivity index (χ1n) is 20.9. The highest BCUT2D eigenvalue weighted by Gasteiger charge is 2.21. The summed E-state index contributed by atoms with van der Waals surface area (Å²) in [6.45, 7) is 0. The Bertz CT molecular complexity index is 3550. The van der Waals surface area contributed by atoms with Crippen LogP contribution in [0.3, 0.4) is 0 Å². The van der Waals surface area contributed by atoms with Crippen LogP contribution in [0, 0.1) is 0 Å². The Labute approximate surface area is 358 Å². The molecule has 62 heavy (non-hydrogen) atoms. The van der Waals surface area contributed by atoms with Crippen LogP contribution >= 0.6 is 0 Å². The van der Waals surface area contributed by atoms with Crippen LogP contribution in [0.2, 0.25) is 0 Å². The first kappa shape index (κ1) is 35.6. The van der Waals surface area contributed by atoms with Gasteiger partial charge in [0.15, 0.2) is 5.82 Å². The molecule has 0 aliphatic carbocycles. The van der Waals surface area contributed by atoms with Crippen molar-refractivity contribution in [2.45, 2.75) is 0 Å². The molecule has 290 valence electrons. The minimum Gasteiger partial charge on any atom is -0.455 e. The maximum absolute atomic E-state index is 6.75. The highest BCUT2D eigenvalue weighted by atomic mass is 16.3. The fourth-order valence-electron chi connectivity index (χ4n) is 8.89. The van der Waals surface area contributed by atoms with Crippen molar-refractivity contribution in [3.63, 3.8) is 0 Å². The highest BCUT2D eigenvalue weighted by molar-refractivity contribution is 6.19. The summed E-state index contributed by atoms with van der Waals surface area (Å²) in [5, 5.41) is 4.34. The molecule has 0 unspecified atom stereocenters. The Hall–Kier alpha value is -8.34. The zero-order valence-corrected chi connectivity index (χ0v) is 33.5. The lowest BCUT2D eigenvalue weighted by Gasteiger charge is -2.13. The van der Waals surface area contributed by atoms with Crippen LogP contribution in [0.25, 0.3) is 122 Å². The van der Waals surface area contributed by atoms with Crippen molar-refractivity contribution in [2.75, 3.05) is 0 Å². The largest absolute Gasteiger partial charge is 0.455 e. The molecule has 0 atom stereocenters. The number of aromatic nitrogens is 2. The number of hydrogen-bond donors (Lipinski definition) is 0. The normalized spacial score (nSPS) is 11.5. The summed E-state index contributed by atoms with van der Waals surface area (Å²) in [5.74, 6) is 0.666. The SMILES string of the molecule is c1ccc(-c2cc(-c3ccccc3)cc(-c3nc(-c4ccccc4)cc(-c4ccc(-c5ccc(-c6cccc7c6oc6ccccc67)c6c5oc5ccccc56)cc4)n3)c2)cc1. The highest BCUT2D eigenvalue weighted by Crippen LogP contribution is 2.45. The van der Waals surface area contributed by atoms with Gasteiger partial charge in [-0.2, -0.15) is 0 Å². The fourth-order valence-corrected chi connectivity index (χ4v) is 8.89. The Morgan fingerprint density at radius 2 is 0.758 bits per heavy atom. The van der Waals surface area contributed by atoms with Crippen molar-refractivity contribution in [3.05, 3.63) is 218 Å². The number of nitrogens with zero attached hydrogens (tertiary/aromatic N) is 2. The van der Waals surface area contributed by atoms with Gasteiger partial charge in [-0.3, -0.25) is 0 Å². The van der Waals surface area contributed by atoms with Gasteiger partial charge in [0, 0.05) is 49.4 Å². The number of rotatable bonds is 7. The van der Waals surface area contributed by atoms with Gasteiger partial charge in [0.2, 0.25) is 0 Å². The topological polar surface area (TPSA) is 52.1 Å². The van der Waals surface area contributed by atoms with Crippen LogP contribution in [-0.4, -0.2) is 9.97 Å². The third kappa shape index (κ3) is 6.16. The Kier molecular flexibility index (Phi) is 8.46. The lowest BCUT2D eigenvalue weighted by molar-refractivity contribution is 0.669. The summed E-state index contributed by atoms with van der Waals surface area (Å²) in [4.78, 5) is 10.5. The molecule has 0 saturated heterocycles. The molecule has 4 nitrogen and oxygen atoms in total. The molecule has 0 fully saturated rings. The van der Waals surface area contributed by atoms with E-state index in [4.69, 9.17) is 18.8 Å². The number of hydrogen-bond acceptors (Lipinski definition) is 4. The van der Waals surface area contributed by atoms with Gasteiger partial charge in [0.25, 0.3) is 0 Å². The summed E-state index contributed by atoms with van der Waals surface area (Å²) < 4.78 is 13.3. The zero-order valence-electron chi connectivity index (χ0n) is 33.5. The molecular weight excluding hydrogens is 757 g/mol. The van der Waals surface area contributed by atoms with E-state index in [1.54, 1.807) is 0 Å². The van der Waals surface area contributed by atoms with Gasteiger partial charge in [0.05, 0.1) is 11.4 Å². The number of benzene rings is 9. The van der Waals surface area contributed by atoms with Crippen LogP contribution in [0.4, 0.5) is 0 Å². The second kappa shape index (κ2) is 14.7. The summed E-state index contributed by atoms with van der Waals surface area (Å²) in [6.07, 6.45) is 0. The predicted molar refractivity (Wildman–Crippen MR) is 255 cm³/mol. The number of para-hydroxylation sites is 3. The number of furan rings is 2. The molecule has 0 saturated carbocycles. The van der Waals surface area contributed by atoms with Crippen LogP contribution in [0.5, 0.6) is 0 Å². The molecule has 9 aromatic carbocycles. The molecule has 3 heterocycles. The van der Waals surface area contributed by atoms with E-state index >= 15 is 0 Å². The van der Waals surface area contributed by atoms with E-state index < -0.39 is 0 Å². The Morgan fingerprint density at radius 1 is 0.274 bits per heavy atom. The van der Waals surface area contributed by atoms with Gasteiger partial charge in [-0.1, -0.05) is 176 Å². The molecule has 4 heteroatoms. The van der Waals surface area contributed by atoms with Crippen molar-refractivity contribution in [3.8, 4) is 78.4 Å². The van der Waals surface area contributed by atoms with Gasteiger partial charge in [-0.15, -0.1) is 0 Å². The van der Waals surface area contributed by atoms with Crippen molar-refractivity contribution < 1.29 is 8.83 Å². The fraction of sp³-hybridized carbons (Fsp3) is 0. The smallest absolute Gasteiger partial charge is 0.160 e.